The molecular weight excluding hydrogens is 484 g/mol. The normalized spacial score (nSPS) is 11.2. The summed E-state index contributed by atoms with van der Waals surface area (Å²) in [6.45, 7) is 3.76. The highest BCUT2D eigenvalue weighted by molar-refractivity contribution is 5.96. The third kappa shape index (κ3) is 6.45. The third-order valence-corrected chi connectivity index (χ3v) is 5.75. The number of carbonyl (C=O) groups is 1. The minimum absolute atomic E-state index is 0. The van der Waals surface area contributed by atoms with E-state index >= 15 is 0 Å². The number of aryl methyl sites for hydroxylation is 2. The number of carbonyl (C=O) groups excluding carboxylic acids is 1. The van der Waals surface area contributed by atoms with Gasteiger partial charge in [0.15, 0.2) is 0 Å². The molecule has 1 amide bonds. The molecular formula is C28H28Cl2FN3O. The molecule has 0 saturated heterocycles. The van der Waals surface area contributed by atoms with E-state index in [0.29, 0.717) is 11.3 Å². The Morgan fingerprint density at radius 1 is 0.857 bits per heavy atom. The summed E-state index contributed by atoms with van der Waals surface area (Å²) in [5, 5.41) is 2.79. The van der Waals surface area contributed by atoms with Crippen LogP contribution in [0.2, 0.25) is 0 Å². The Bertz CT molecular complexity index is 1230. The maximum Gasteiger partial charge on any atom is 0.242 e. The smallest absolute Gasteiger partial charge is 0.242 e. The average molecular weight is 512 g/mol. The first-order chi connectivity index (χ1) is 15.9. The fourth-order valence-corrected chi connectivity index (χ4v) is 4.03. The van der Waals surface area contributed by atoms with Gasteiger partial charge in [0.05, 0.1) is 6.04 Å². The van der Waals surface area contributed by atoms with Gasteiger partial charge < -0.3 is 11.1 Å². The van der Waals surface area contributed by atoms with Gasteiger partial charge in [-0.2, -0.15) is 0 Å². The number of amides is 1. The van der Waals surface area contributed by atoms with Crippen LogP contribution in [0.4, 0.5) is 10.1 Å². The van der Waals surface area contributed by atoms with E-state index in [0.717, 1.165) is 27.9 Å². The largest absolute Gasteiger partial charge is 0.325 e. The van der Waals surface area contributed by atoms with Crippen LogP contribution in [0.25, 0.3) is 11.1 Å². The molecule has 3 aromatic carbocycles. The van der Waals surface area contributed by atoms with Crippen molar-refractivity contribution in [2.45, 2.75) is 25.8 Å². The van der Waals surface area contributed by atoms with Crippen LogP contribution in [0, 0.1) is 19.7 Å². The highest BCUT2D eigenvalue weighted by atomic mass is 35.5. The van der Waals surface area contributed by atoms with Crippen LogP contribution in [-0.4, -0.2) is 16.9 Å². The molecule has 0 aliphatic heterocycles. The van der Waals surface area contributed by atoms with Crippen LogP contribution in [0.1, 0.15) is 28.3 Å². The zero-order valence-electron chi connectivity index (χ0n) is 19.4. The number of nitrogens with two attached hydrogens (primary N) is 1. The molecule has 7 heteroatoms. The van der Waals surface area contributed by atoms with Crippen molar-refractivity contribution in [1.82, 2.24) is 4.98 Å². The molecule has 0 fully saturated rings. The summed E-state index contributed by atoms with van der Waals surface area (Å²) in [5.41, 5.74) is 11.6. The number of benzene rings is 3. The monoisotopic (exact) mass is 511 g/mol. The van der Waals surface area contributed by atoms with Gasteiger partial charge >= 0.3 is 0 Å². The van der Waals surface area contributed by atoms with Crippen molar-refractivity contribution in [3.8, 4) is 11.1 Å². The first-order valence-electron chi connectivity index (χ1n) is 10.8. The number of hydrogen-bond donors (Lipinski definition) is 2. The van der Waals surface area contributed by atoms with Crippen molar-refractivity contribution in [1.29, 1.82) is 0 Å². The van der Waals surface area contributed by atoms with Crippen LogP contribution in [0.15, 0.2) is 91.1 Å². The van der Waals surface area contributed by atoms with E-state index in [2.05, 4.69) is 10.3 Å². The van der Waals surface area contributed by atoms with E-state index < -0.39 is 11.9 Å². The molecule has 182 valence electrons. The Kier molecular flexibility index (Phi) is 9.96. The number of nitrogens with zero attached hydrogens (tertiary/aromatic N) is 1. The van der Waals surface area contributed by atoms with Crippen LogP contribution in [0.5, 0.6) is 0 Å². The summed E-state index contributed by atoms with van der Waals surface area (Å²) < 4.78 is 15.0. The fraction of sp³-hybridized carbons (Fsp3) is 0.143. The van der Waals surface area contributed by atoms with Gasteiger partial charge in [-0.1, -0.05) is 60.7 Å². The van der Waals surface area contributed by atoms with Crippen molar-refractivity contribution >= 4 is 36.4 Å². The lowest BCUT2D eigenvalue weighted by Gasteiger charge is -2.24. The second kappa shape index (κ2) is 12.5. The van der Waals surface area contributed by atoms with E-state index in [1.165, 1.54) is 6.07 Å². The van der Waals surface area contributed by atoms with Gasteiger partial charge in [0.2, 0.25) is 5.91 Å². The number of halogens is 3. The molecule has 0 aliphatic carbocycles. The van der Waals surface area contributed by atoms with Crippen LogP contribution >= 0.6 is 24.8 Å². The number of nitrogens with one attached hydrogen (secondary N) is 1. The molecule has 1 unspecified atom stereocenters. The summed E-state index contributed by atoms with van der Waals surface area (Å²) in [7, 11) is 0. The van der Waals surface area contributed by atoms with Gasteiger partial charge in [-0.05, 0) is 60.4 Å². The molecule has 4 nitrogen and oxygen atoms in total. The minimum atomic E-state index is -0.859. The van der Waals surface area contributed by atoms with Crippen molar-refractivity contribution in [2.75, 3.05) is 5.32 Å². The average Bonchev–Trinajstić information content (AvgIpc) is 2.82. The molecule has 4 aromatic rings. The van der Waals surface area contributed by atoms with Crippen molar-refractivity contribution in [3.05, 3.63) is 119 Å². The Labute approximate surface area is 217 Å². The molecule has 0 spiro atoms. The number of pyridine rings is 1. The summed E-state index contributed by atoms with van der Waals surface area (Å²) in [4.78, 5) is 17.3. The van der Waals surface area contributed by atoms with E-state index in [-0.39, 0.29) is 36.6 Å². The van der Waals surface area contributed by atoms with Crippen molar-refractivity contribution < 1.29 is 9.18 Å². The molecule has 35 heavy (non-hydrogen) atoms. The quantitative estimate of drug-likeness (QED) is 0.312. The second-order valence-corrected chi connectivity index (χ2v) is 8.15. The Morgan fingerprint density at radius 2 is 1.43 bits per heavy atom. The molecule has 1 heterocycles. The first kappa shape index (κ1) is 28.0. The van der Waals surface area contributed by atoms with Gasteiger partial charge in [-0.15, -0.1) is 24.8 Å². The molecule has 0 aliphatic rings. The molecule has 0 bridgehead atoms. The highest BCUT2D eigenvalue weighted by Crippen LogP contribution is 2.30. The van der Waals surface area contributed by atoms with E-state index in [9.17, 15) is 9.18 Å². The SMILES string of the molecule is Cc1cc(-c2ccc(NC(=O)C(N)C(c3ccccc3)c3ccccc3)cc2F)c(C)cn1.Cl.Cl. The zero-order valence-corrected chi connectivity index (χ0v) is 21.1. The molecule has 0 saturated carbocycles. The number of hydrogen-bond acceptors (Lipinski definition) is 3. The summed E-state index contributed by atoms with van der Waals surface area (Å²) in [6.07, 6.45) is 1.73. The third-order valence-electron chi connectivity index (χ3n) is 5.75. The van der Waals surface area contributed by atoms with Crippen molar-refractivity contribution in [2.24, 2.45) is 5.73 Å². The van der Waals surface area contributed by atoms with Gasteiger partial charge in [0.25, 0.3) is 0 Å². The number of rotatable bonds is 6. The van der Waals surface area contributed by atoms with Crippen LogP contribution < -0.4 is 11.1 Å². The zero-order chi connectivity index (χ0) is 23.4. The predicted octanol–water partition coefficient (Wildman–Crippen LogP) is 6.45. The van der Waals surface area contributed by atoms with Gasteiger partial charge in [-0.3, -0.25) is 9.78 Å². The van der Waals surface area contributed by atoms with Gasteiger partial charge in [0, 0.05) is 29.1 Å². The Morgan fingerprint density at radius 3 is 1.97 bits per heavy atom. The van der Waals surface area contributed by atoms with Crippen LogP contribution in [0.3, 0.4) is 0 Å². The fourth-order valence-electron chi connectivity index (χ4n) is 4.03. The van der Waals surface area contributed by atoms with E-state index in [1.807, 2.05) is 80.6 Å². The molecule has 4 rings (SSSR count). The lowest BCUT2D eigenvalue weighted by Crippen LogP contribution is -2.41. The highest BCUT2D eigenvalue weighted by Gasteiger charge is 2.28. The summed E-state index contributed by atoms with van der Waals surface area (Å²) in [5.74, 6) is -1.13. The topological polar surface area (TPSA) is 68.0 Å². The number of aromatic nitrogens is 1. The molecule has 0 radical (unpaired) electrons. The predicted molar refractivity (Wildman–Crippen MR) is 145 cm³/mol. The maximum atomic E-state index is 15.0. The summed E-state index contributed by atoms with van der Waals surface area (Å²) >= 11 is 0. The first-order valence-corrected chi connectivity index (χ1v) is 10.8. The van der Waals surface area contributed by atoms with Crippen molar-refractivity contribution in [3.63, 3.8) is 0 Å². The Hall–Kier alpha value is -3.25. The second-order valence-electron chi connectivity index (χ2n) is 8.15. The van der Waals surface area contributed by atoms with Gasteiger partial charge in [-0.25, -0.2) is 4.39 Å². The molecule has 1 atom stereocenters. The standard InChI is InChI=1S/C28H26FN3O.2ClH/c1-18-17-31-19(2)15-24(18)23-14-13-22(16-25(23)29)32-28(33)27(30)26(20-9-5-3-6-10-20)21-11-7-4-8-12-21;;/h3-17,26-27H,30H2,1-2H3,(H,32,33);2*1H. The van der Waals surface area contributed by atoms with Gasteiger partial charge in [0.1, 0.15) is 5.82 Å². The lowest BCUT2D eigenvalue weighted by atomic mass is 9.85. The summed E-state index contributed by atoms with van der Waals surface area (Å²) in [6, 6.07) is 25.1. The van der Waals surface area contributed by atoms with E-state index in [4.69, 9.17) is 5.73 Å². The van der Waals surface area contributed by atoms with Crippen LogP contribution in [-0.2, 0) is 4.79 Å². The molecule has 3 N–H and O–H groups in total. The number of anilines is 1. The Balaban J connectivity index is 0.00000216. The minimum Gasteiger partial charge on any atom is -0.325 e. The van der Waals surface area contributed by atoms with E-state index in [1.54, 1.807) is 18.3 Å². The maximum absolute atomic E-state index is 15.0. The molecule has 1 aromatic heterocycles. The lowest BCUT2D eigenvalue weighted by molar-refractivity contribution is -0.117.